The van der Waals surface area contributed by atoms with Crippen LogP contribution in [0.25, 0.3) is 10.6 Å². The average molecular weight is 496 g/mol. The van der Waals surface area contributed by atoms with E-state index in [0.717, 1.165) is 5.56 Å². The molecule has 0 radical (unpaired) electrons. The summed E-state index contributed by atoms with van der Waals surface area (Å²) in [5.41, 5.74) is 0.432. The van der Waals surface area contributed by atoms with Crippen LogP contribution >= 0.6 is 11.3 Å². The highest BCUT2D eigenvalue weighted by atomic mass is 32.1. The number of methoxy groups -OCH3 is 1. The Morgan fingerprint density at radius 2 is 1.94 bits per heavy atom. The largest absolute Gasteiger partial charge is 0.456 e. The number of aromatic nitrogens is 1. The Morgan fingerprint density at radius 3 is 2.71 bits per heavy atom. The molecule has 0 N–H and O–H groups in total. The first-order valence-corrected chi connectivity index (χ1v) is 11.9. The molecule has 180 valence electrons. The molecule has 0 saturated carbocycles. The fraction of sp³-hybridized carbons (Fsp3) is 0.280. The van der Waals surface area contributed by atoms with Gasteiger partial charge in [-0.05, 0) is 36.4 Å². The number of esters is 1. The monoisotopic (exact) mass is 495 g/mol. The van der Waals surface area contributed by atoms with Crippen LogP contribution in [0.3, 0.4) is 0 Å². The van der Waals surface area contributed by atoms with E-state index in [1.165, 1.54) is 40.4 Å². The predicted molar refractivity (Wildman–Crippen MR) is 126 cm³/mol. The van der Waals surface area contributed by atoms with Gasteiger partial charge in [0.2, 0.25) is 11.6 Å². The summed E-state index contributed by atoms with van der Waals surface area (Å²) in [6.45, 7) is 0.181. The molecule has 35 heavy (non-hydrogen) atoms. The maximum absolute atomic E-state index is 13.6. The molecule has 3 aromatic rings. The van der Waals surface area contributed by atoms with Crippen molar-refractivity contribution in [2.75, 3.05) is 25.2 Å². The molecule has 10 heteroatoms. The summed E-state index contributed by atoms with van der Waals surface area (Å²) >= 11 is 1.35. The highest BCUT2D eigenvalue weighted by molar-refractivity contribution is 7.13. The second kappa shape index (κ2) is 9.20. The third-order valence-electron chi connectivity index (χ3n) is 6.21. The van der Waals surface area contributed by atoms with Gasteiger partial charge in [-0.1, -0.05) is 12.1 Å². The molecule has 1 aromatic heterocycles. The standard InChI is InChI=1S/C25H22FN3O5S/c1-33-13-12-28-23(31)19-4-2-3-5-20(19)29-21(30)10-11-25(28,29)24(32)34-14-18-15-35-22(27-18)16-6-8-17(26)9-7-16/h2-9,15H,10-14H2,1H3. The van der Waals surface area contributed by atoms with Crippen molar-refractivity contribution in [3.05, 3.63) is 71.0 Å². The number of ether oxygens (including phenoxy) is 2. The molecule has 0 aliphatic carbocycles. The Labute approximate surface area is 204 Å². The number of para-hydroxylation sites is 1. The quantitative estimate of drug-likeness (QED) is 0.465. The van der Waals surface area contributed by atoms with Gasteiger partial charge in [0.25, 0.3) is 5.91 Å². The molecule has 2 aromatic carbocycles. The Bertz CT molecular complexity index is 1290. The molecule has 2 aliphatic heterocycles. The lowest BCUT2D eigenvalue weighted by Gasteiger charge is -2.48. The number of amides is 2. The molecule has 2 amide bonds. The Kier molecular flexibility index (Phi) is 6.08. The number of benzene rings is 2. The number of halogens is 1. The number of carbonyl (C=O) groups excluding carboxylic acids is 3. The third-order valence-corrected chi connectivity index (χ3v) is 7.15. The van der Waals surface area contributed by atoms with Gasteiger partial charge in [-0.2, -0.15) is 0 Å². The van der Waals surface area contributed by atoms with Crippen molar-refractivity contribution in [3.63, 3.8) is 0 Å². The van der Waals surface area contributed by atoms with Gasteiger partial charge in [-0.15, -0.1) is 11.3 Å². The number of anilines is 1. The van der Waals surface area contributed by atoms with Crippen LogP contribution in [0, 0.1) is 5.82 Å². The number of fused-ring (bicyclic) bond motifs is 3. The van der Waals surface area contributed by atoms with Crippen LogP contribution in [0.4, 0.5) is 10.1 Å². The van der Waals surface area contributed by atoms with E-state index in [9.17, 15) is 18.8 Å². The fourth-order valence-electron chi connectivity index (χ4n) is 4.59. The van der Waals surface area contributed by atoms with Gasteiger partial charge in [-0.3, -0.25) is 14.5 Å². The zero-order valence-corrected chi connectivity index (χ0v) is 19.7. The molecule has 1 fully saturated rings. The van der Waals surface area contributed by atoms with Gasteiger partial charge in [-0.25, -0.2) is 14.2 Å². The second-order valence-electron chi connectivity index (χ2n) is 8.24. The minimum Gasteiger partial charge on any atom is -0.456 e. The van der Waals surface area contributed by atoms with Gasteiger partial charge in [0.05, 0.1) is 23.6 Å². The lowest BCUT2D eigenvalue weighted by Crippen LogP contribution is -2.68. The zero-order chi connectivity index (χ0) is 24.6. The first kappa shape index (κ1) is 23.1. The van der Waals surface area contributed by atoms with Crippen LogP contribution < -0.4 is 4.90 Å². The number of hydrogen-bond acceptors (Lipinski definition) is 7. The summed E-state index contributed by atoms with van der Waals surface area (Å²) in [7, 11) is 1.51. The smallest absolute Gasteiger partial charge is 0.354 e. The van der Waals surface area contributed by atoms with Crippen LogP contribution in [-0.2, 0) is 25.7 Å². The van der Waals surface area contributed by atoms with Gasteiger partial charge in [0, 0.05) is 37.4 Å². The van der Waals surface area contributed by atoms with Crippen LogP contribution in [-0.4, -0.2) is 53.6 Å². The van der Waals surface area contributed by atoms with Crippen molar-refractivity contribution >= 4 is 34.8 Å². The number of nitrogens with zero attached hydrogens (tertiary/aromatic N) is 3. The van der Waals surface area contributed by atoms with Crippen LogP contribution in [0.5, 0.6) is 0 Å². The number of rotatable bonds is 7. The van der Waals surface area contributed by atoms with Crippen LogP contribution in [0.15, 0.2) is 53.9 Å². The minimum absolute atomic E-state index is 0.103. The van der Waals surface area contributed by atoms with E-state index in [4.69, 9.17) is 9.47 Å². The van der Waals surface area contributed by atoms with E-state index >= 15 is 0 Å². The lowest BCUT2D eigenvalue weighted by atomic mass is 9.96. The molecular formula is C25H22FN3O5S. The van der Waals surface area contributed by atoms with Gasteiger partial charge < -0.3 is 14.4 Å². The SMILES string of the molecule is COCCN1C(=O)c2ccccc2N2C(=O)CCC12C(=O)OCc1csc(-c2ccc(F)cc2)n1. The molecule has 0 spiro atoms. The van der Waals surface area contributed by atoms with Crippen molar-refractivity contribution < 1.29 is 28.2 Å². The number of hydrogen-bond donors (Lipinski definition) is 0. The highest BCUT2D eigenvalue weighted by Gasteiger charge is 2.61. The summed E-state index contributed by atoms with van der Waals surface area (Å²) in [5.74, 6) is -1.64. The Morgan fingerprint density at radius 1 is 1.17 bits per heavy atom. The lowest BCUT2D eigenvalue weighted by molar-refractivity contribution is -0.159. The second-order valence-corrected chi connectivity index (χ2v) is 9.10. The topological polar surface area (TPSA) is 89.0 Å². The number of thiazole rings is 1. The number of carbonyl (C=O) groups is 3. The molecule has 1 atom stereocenters. The maximum Gasteiger partial charge on any atom is 0.354 e. The van der Waals surface area contributed by atoms with E-state index in [-0.39, 0.29) is 50.2 Å². The highest BCUT2D eigenvalue weighted by Crippen LogP contribution is 2.45. The van der Waals surface area contributed by atoms with E-state index < -0.39 is 11.6 Å². The van der Waals surface area contributed by atoms with E-state index in [2.05, 4.69) is 4.98 Å². The summed E-state index contributed by atoms with van der Waals surface area (Å²) in [5, 5.41) is 2.42. The Hall–Kier alpha value is -3.63. The van der Waals surface area contributed by atoms with E-state index in [0.29, 0.717) is 22.0 Å². The van der Waals surface area contributed by atoms with Crippen LogP contribution in [0.2, 0.25) is 0 Å². The molecule has 8 nitrogen and oxygen atoms in total. The average Bonchev–Trinajstić information content (AvgIpc) is 3.48. The molecule has 0 bridgehead atoms. The summed E-state index contributed by atoms with van der Waals surface area (Å²) in [4.78, 5) is 47.3. The summed E-state index contributed by atoms with van der Waals surface area (Å²) < 4.78 is 24.1. The molecule has 1 saturated heterocycles. The van der Waals surface area contributed by atoms with Crippen molar-refractivity contribution in [1.29, 1.82) is 0 Å². The molecular weight excluding hydrogens is 473 g/mol. The Balaban J connectivity index is 1.43. The first-order valence-electron chi connectivity index (χ1n) is 11.1. The van der Waals surface area contributed by atoms with Crippen molar-refractivity contribution in [2.45, 2.75) is 25.1 Å². The molecule has 3 heterocycles. The van der Waals surface area contributed by atoms with Gasteiger partial charge in [0.1, 0.15) is 17.4 Å². The van der Waals surface area contributed by atoms with Crippen molar-refractivity contribution in [2.24, 2.45) is 0 Å². The molecule has 2 aliphatic rings. The minimum atomic E-state index is -1.59. The predicted octanol–water partition coefficient (Wildman–Crippen LogP) is 3.62. The van der Waals surface area contributed by atoms with E-state index in [1.807, 2.05) is 0 Å². The van der Waals surface area contributed by atoms with E-state index in [1.54, 1.807) is 41.8 Å². The van der Waals surface area contributed by atoms with Gasteiger partial charge in [0.15, 0.2) is 0 Å². The van der Waals surface area contributed by atoms with Gasteiger partial charge >= 0.3 is 5.97 Å². The third kappa shape index (κ3) is 3.88. The maximum atomic E-state index is 13.6. The van der Waals surface area contributed by atoms with Crippen LogP contribution in [0.1, 0.15) is 28.9 Å². The molecule has 1 unspecified atom stereocenters. The summed E-state index contributed by atoms with van der Waals surface area (Å²) in [6.07, 6.45) is 0.220. The molecule has 5 rings (SSSR count). The zero-order valence-electron chi connectivity index (χ0n) is 18.9. The van der Waals surface area contributed by atoms with Crippen molar-refractivity contribution in [1.82, 2.24) is 9.88 Å². The summed E-state index contributed by atoms with van der Waals surface area (Å²) in [6, 6.07) is 12.7. The first-order chi connectivity index (χ1) is 17.0. The normalized spacial score (nSPS) is 19.0. The fourth-order valence-corrected chi connectivity index (χ4v) is 5.40. The van der Waals surface area contributed by atoms with Crippen molar-refractivity contribution in [3.8, 4) is 10.6 Å².